The minimum atomic E-state index is -0.176. The minimum absolute atomic E-state index is 0.176. The van der Waals surface area contributed by atoms with Gasteiger partial charge in [-0.3, -0.25) is 9.69 Å². The molecule has 3 N–H and O–H groups in total. The van der Waals surface area contributed by atoms with Crippen molar-refractivity contribution < 1.29 is 4.74 Å². The molecule has 132 valence electrons. The summed E-state index contributed by atoms with van der Waals surface area (Å²) < 4.78 is 7.40. The summed E-state index contributed by atoms with van der Waals surface area (Å²) in [5.41, 5.74) is 9.56. The number of morpholine rings is 1. The molecular weight excluding hydrogens is 320 g/mol. The van der Waals surface area contributed by atoms with E-state index in [2.05, 4.69) is 19.9 Å². The predicted octanol–water partition coefficient (Wildman–Crippen LogP) is 0.886. The summed E-state index contributed by atoms with van der Waals surface area (Å²) in [5.74, 6) is 0.492. The van der Waals surface area contributed by atoms with E-state index in [1.807, 2.05) is 16.7 Å². The molecule has 3 aromatic rings. The maximum absolute atomic E-state index is 11.8. The Balaban J connectivity index is 1.61. The van der Waals surface area contributed by atoms with Crippen molar-refractivity contribution in [3.63, 3.8) is 0 Å². The van der Waals surface area contributed by atoms with Crippen molar-refractivity contribution in [3.05, 3.63) is 28.2 Å². The first-order valence-corrected chi connectivity index (χ1v) is 8.58. The standard InChI is InChI=1S/C17H22N6O2/c1-11-16(24)20-12-9-14-15(10-13(12)19-11)23(17(18)21-14)4-2-3-22-5-7-25-8-6-22/h9-10H,2-8H2,1H3,(H2,18,21)(H,20,24). The zero-order valence-corrected chi connectivity index (χ0v) is 14.3. The maximum atomic E-state index is 11.8. The fraction of sp³-hybridized carbons (Fsp3) is 0.471. The molecule has 0 radical (unpaired) electrons. The Morgan fingerprint density at radius 3 is 2.80 bits per heavy atom. The van der Waals surface area contributed by atoms with Crippen molar-refractivity contribution in [1.29, 1.82) is 0 Å². The quantitative estimate of drug-likeness (QED) is 0.730. The van der Waals surface area contributed by atoms with Gasteiger partial charge in [-0.25, -0.2) is 9.97 Å². The number of ether oxygens (including phenoxy) is 1. The Hall–Kier alpha value is -2.45. The lowest BCUT2D eigenvalue weighted by molar-refractivity contribution is 0.0370. The summed E-state index contributed by atoms with van der Waals surface area (Å²) in [5, 5.41) is 0. The van der Waals surface area contributed by atoms with Crippen molar-refractivity contribution in [2.75, 3.05) is 38.6 Å². The maximum Gasteiger partial charge on any atom is 0.269 e. The third-order valence-electron chi connectivity index (χ3n) is 4.72. The van der Waals surface area contributed by atoms with Gasteiger partial charge in [0.1, 0.15) is 5.69 Å². The second-order valence-electron chi connectivity index (χ2n) is 6.44. The van der Waals surface area contributed by atoms with Gasteiger partial charge in [-0.2, -0.15) is 0 Å². The van der Waals surface area contributed by atoms with Gasteiger partial charge in [0.25, 0.3) is 5.56 Å². The van der Waals surface area contributed by atoms with Gasteiger partial charge in [-0.05, 0) is 25.5 Å². The fourth-order valence-electron chi connectivity index (χ4n) is 3.33. The monoisotopic (exact) mass is 342 g/mol. The van der Waals surface area contributed by atoms with Crippen LogP contribution in [0.4, 0.5) is 5.95 Å². The molecule has 0 atom stereocenters. The molecule has 1 aliphatic heterocycles. The third-order valence-corrected chi connectivity index (χ3v) is 4.72. The van der Waals surface area contributed by atoms with Crippen LogP contribution in [0.25, 0.3) is 22.1 Å². The zero-order valence-electron chi connectivity index (χ0n) is 14.3. The highest BCUT2D eigenvalue weighted by molar-refractivity contribution is 5.92. The molecule has 2 aromatic heterocycles. The van der Waals surface area contributed by atoms with Crippen molar-refractivity contribution in [2.45, 2.75) is 19.9 Å². The van der Waals surface area contributed by atoms with Gasteiger partial charge >= 0.3 is 0 Å². The number of aromatic nitrogens is 4. The van der Waals surface area contributed by atoms with Gasteiger partial charge in [-0.1, -0.05) is 0 Å². The molecule has 3 heterocycles. The van der Waals surface area contributed by atoms with Crippen LogP contribution in [0.3, 0.4) is 0 Å². The second kappa shape index (κ2) is 6.45. The van der Waals surface area contributed by atoms with E-state index >= 15 is 0 Å². The van der Waals surface area contributed by atoms with Gasteiger partial charge in [0, 0.05) is 26.2 Å². The van der Waals surface area contributed by atoms with Crippen molar-refractivity contribution >= 4 is 28.0 Å². The smallest absolute Gasteiger partial charge is 0.269 e. The number of H-pyrrole nitrogens is 1. The highest BCUT2D eigenvalue weighted by atomic mass is 16.5. The number of aryl methyl sites for hydroxylation is 2. The average Bonchev–Trinajstić information content (AvgIpc) is 2.90. The van der Waals surface area contributed by atoms with Crippen molar-refractivity contribution in [1.82, 2.24) is 24.4 Å². The van der Waals surface area contributed by atoms with Gasteiger partial charge in [-0.15, -0.1) is 0 Å². The van der Waals surface area contributed by atoms with E-state index in [1.165, 1.54) is 0 Å². The molecule has 8 heteroatoms. The highest BCUT2D eigenvalue weighted by Crippen LogP contribution is 2.22. The van der Waals surface area contributed by atoms with Gasteiger partial charge in [0.15, 0.2) is 0 Å². The van der Waals surface area contributed by atoms with E-state index in [1.54, 1.807) is 6.92 Å². The number of hydrogen-bond donors (Lipinski definition) is 2. The number of anilines is 1. The molecule has 4 rings (SSSR count). The van der Waals surface area contributed by atoms with Crippen LogP contribution in [-0.2, 0) is 11.3 Å². The Labute approximate surface area is 144 Å². The topological polar surface area (TPSA) is 102 Å². The summed E-state index contributed by atoms with van der Waals surface area (Å²) in [4.78, 5) is 25.8. The molecule has 1 aliphatic rings. The first-order valence-electron chi connectivity index (χ1n) is 8.58. The Morgan fingerprint density at radius 1 is 1.20 bits per heavy atom. The second-order valence-corrected chi connectivity index (χ2v) is 6.44. The molecule has 8 nitrogen and oxygen atoms in total. The van der Waals surface area contributed by atoms with Crippen LogP contribution in [-0.4, -0.2) is 57.3 Å². The largest absolute Gasteiger partial charge is 0.379 e. The predicted molar refractivity (Wildman–Crippen MR) is 96.7 cm³/mol. The van der Waals surface area contributed by atoms with Crippen LogP contribution in [0.1, 0.15) is 12.1 Å². The van der Waals surface area contributed by atoms with E-state index in [0.717, 1.165) is 62.4 Å². The lowest BCUT2D eigenvalue weighted by atomic mass is 10.2. The molecule has 0 spiro atoms. The van der Waals surface area contributed by atoms with E-state index in [0.29, 0.717) is 17.2 Å². The van der Waals surface area contributed by atoms with E-state index in [-0.39, 0.29) is 5.56 Å². The molecule has 0 saturated carbocycles. The number of nitrogen functional groups attached to an aromatic ring is 1. The van der Waals surface area contributed by atoms with Crippen LogP contribution in [0.5, 0.6) is 0 Å². The Bertz CT molecular complexity index is 971. The number of nitrogens with zero attached hydrogens (tertiary/aromatic N) is 4. The first kappa shape index (κ1) is 16.0. The number of hydrogen-bond acceptors (Lipinski definition) is 6. The Kier molecular flexibility index (Phi) is 4.14. The van der Waals surface area contributed by atoms with Crippen LogP contribution in [0.15, 0.2) is 16.9 Å². The number of fused-ring (bicyclic) bond motifs is 2. The zero-order chi connectivity index (χ0) is 17.4. The van der Waals surface area contributed by atoms with Crippen LogP contribution in [0, 0.1) is 6.92 Å². The van der Waals surface area contributed by atoms with E-state index in [9.17, 15) is 4.79 Å². The molecule has 25 heavy (non-hydrogen) atoms. The molecular formula is C17H22N6O2. The van der Waals surface area contributed by atoms with Crippen molar-refractivity contribution in [3.8, 4) is 0 Å². The average molecular weight is 342 g/mol. The lowest BCUT2D eigenvalue weighted by Crippen LogP contribution is -2.37. The van der Waals surface area contributed by atoms with Crippen LogP contribution >= 0.6 is 0 Å². The third kappa shape index (κ3) is 3.10. The molecule has 1 fully saturated rings. The molecule has 0 bridgehead atoms. The number of benzene rings is 1. The first-order chi connectivity index (χ1) is 12.1. The van der Waals surface area contributed by atoms with Crippen molar-refractivity contribution in [2.24, 2.45) is 0 Å². The molecule has 0 unspecified atom stereocenters. The molecule has 1 aromatic carbocycles. The van der Waals surface area contributed by atoms with Crippen LogP contribution < -0.4 is 11.3 Å². The SMILES string of the molecule is Cc1nc2cc3c(cc2[nH]c1=O)nc(N)n3CCCN1CCOCC1. The summed E-state index contributed by atoms with van der Waals surface area (Å²) in [6.07, 6.45) is 0.992. The number of nitrogens with one attached hydrogen (secondary N) is 1. The lowest BCUT2D eigenvalue weighted by Gasteiger charge is -2.26. The summed E-state index contributed by atoms with van der Waals surface area (Å²) >= 11 is 0. The number of aromatic amines is 1. The normalized spacial score (nSPS) is 16.0. The van der Waals surface area contributed by atoms with E-state index in [4.69, 9.17) is 10.5 Å². The summed E-state index contributed by atoms with van der Waals surface area (Å²) in [6.45, 7) is 7.12. The molecule has 0 amide bonds. The fourth-order valence-corrected chi connectivity index (χ4v) is 3.33. The van der Waals surface area contributed by atoms with Crippen LogP contribution in [0.2, 0.25) is 0 Å². The Morgan fingerprint density at radius 2 is 2.00 bits per heavy atom. The molecule has 0 aliphatic carbocycles. The highest BCUT2D eigenvalue weighted by Gasteiger charge is 2.13. The number of nitrogens with two attached hydrogens (primary N) is 1. The number of rotatable bonds is 4. The number of imidazole rings is 1. The van der Waals surface area contributed by atoms with Gasteiger partial charge in [0.05, 0.1) is 35.3 Å². The minimum Gasteiger partial charge on any atom is -0.379 e. The van der Waals surface area contributed by atoms with Gasteiger partial charge < -0.3 is 20.0 Å². The summed E-state index contributed by atoms with van der Waals surface area (Å²) in [7, 11) is 0. The van der Waals surface area contributed by atoms with Gasteiger partial charge in [0.2, 0.25) is 5.95 Å². The van der Waals surface area contributed by atoms with E-state index < -0.39 is 0 Å². The summed E-state index contributed by atoms with van der Waals surface area (Å²) in [6, 6.07) is 3.79. The molecule has 1 saturated heterocycles.